The zero-order valence-corrected chi connectivity index (χ0v) is 9.21. The first-order chi connectivity index (χ1) is 8.27. The lowest BCUT2D eigenvalue weighted by Crippen LogP contribution is -2.20. The van der Waals surface area contributed by atoms with Crippen molar-refractivity contribution in [1.82, 2.24) is 0 Å². The molecule has 0 radical (unpaired) electrons. The largest absolute Gasteiger partial charge is 0.479 e. The highest BCUT2D eigenvalue weighted by molar-refractivity contribution is 5.79. The highest BCUT2D eigenvalue weighted by atomic mass is 16.4. The van der Waals surface area contributed by atoms with Crippen LogP contribution in [0.1, 0.15) is 11.6 Å². The molecule has 1 atom stereocenters. The minimum Gasteiger partial charge on any atom is -0.479 e. The molecule has 0 bridgehead atoms. The van der Waals surface area contributed by atoms with Crippen molar-refractivity contribution in [2.45, 2.75) is 6.04 Å². The number of hydrogen-bond acceptors (Lipinski definition) is 2. The van der Waals surface area contributed by atoms with E-state index in [0.717, 1.165) is 11.3 Å². The molecule has 2 aromatic carbocycles. The number of anilines is 1. The molecule has 0 aliphatic rings. The third-order valence-corrected chi connectivity index (χ3v) is 2.46. The molecule has 2 rings (SSSR count). The molecule has 0 amide bonds. The van der Waals surface area contributed by atoms with Gasteiger partial charge in [0, 0.05) is 5.69 Å². The predicted octanol–water partition coefficient (Wildman–Crippen LogP) is 2.92. The Labute approximate surface area is 99.7 Å². The van der Waals surface area contributed by atoms with Gasteiger partial charge < -0.3 is 10.4 Å². The van der Waals surface area contributed by atoms with E-state index < -0.39 is 12.0 Å². The third-order valence-electron chi connectivity index (χ3n) is 2.46. The van der Waals surface area contributed by atoms with Gasteiger partial charge in [0.05, 0.1) is 0 Å². The normalized spacial score (nSPS) is 11.8. The van der Waals surface area contributed by atoms with Crippen molar-refractivity contribution < 1.29 is 9.90 Å². The molecule has 0 aliphatic heterocycles. The van der Waals surface area contributed by atoms with Gasteiger partial charge in [0.2, 0.25) is 0 Å². The lowest BCUT2D eigenvalue weighted by Gasteiger charge is -2.15. The van der Waals surface area contributed by atoms with Gasteiger partial charge in [0.1, 0.15) is 0 Å². The Balaban J connectivity index is 2.23. The second-order valence-corrected chi connectivity index (χ2v) is 3.69. The second-order valence-electron chi connectivity index (χ2n) is 3.69. The topological polar surface area (TPSA) is 49.3 Å². The summed E-state index contributed by atoms with van der Waals surface area (Å²) in [5.74, 6) is -0.889. The molecular weight excluding hydrogens is 214 g/mol. The van der Waals surface area contributed by atoms with Crippen LogP contribution in [0.4, 0.5) is 5.69 Å². The van der Waals surface area contributed by atoms with Crippen molar-refractivity contribution in [2.75, 3.05) is 5.32 Å². The summed E-state index contributed by atoms with van der Waals surface area (Å²) in [6, 6.07) is 17.7. The number of para-hydroxylation sites is 1. The van der Waals surface area contributed by atoms with Crippen molar-refractivity contribution in [1.29, 1.82) is 0 Å². The Hall–Kier alpha value is -2.29. The van der Waals surface area contributed by atoms with E-state index in [2.05, 4.69) is 5.32 Å². The van der Waals surface area contributed by atoms with Crippen LogP contribution >= 0.6 is 0 Å². The van der Waals surface area contributed by atoms with Gasteiger partial charge in [0.25, 0.3) is 0 Å². The predicted molar refractivity (Wildman–Crippen MR) is 66.9 cm³/mol. The molecular formula is C14H13NO2. The van der Waals surface area contributed by atoms with E-state index in [9.17, 15) is 9.90 Å². The van der Waals surface area contributed by atoms with Crippen molar-refractivity contribution >= 4 is 11.7 Å². The van der Waals surface area contributed by atoms with Crippen LogP contribution < -0.4 is 5.32 Å². The van der Waals surface area contributed by atoms with Crippen LogP contribution in [0.15, 0.2) is 60.7 Å². The van der Waals surface area contributed by atoms with E-state index in [0.29, 0.717) is 0 Å². The number of aliphatic carboxylic acids is 1. The van der Waals surface area contributed by atoms with E-state index in [-0.39, 0.29) is 0 Å². The van der Waals surface area contributed by atoms with Crippen LogP contribution in [0.3, 0.4) is 0 Å². The highest BCUT2D eigenvalue weighted by Gasteiger charge is 2.18. The molecule has 0 heterocycles. The van der Waals surface area contributed by atoms with Gasteiger partial charge in [0.15, 0.2) is 6.04 Å². The average molecular weight is 227 g/mol. The average Bonchev–Trinajstić information content (AvgIpc) is 2.38. The summed E-state index contributed by atoms with van der Waals surface area (Å²) in [7, 11) is 0. The maximum atomic E-state index is 11.2. The Bertz CT molecular complexity index is 482. The number of carbonyl (C=O) groups is 1. The van der Waals surface area contributed by atoms with E-state index >= 15 is 0 Å². The molecule has 3 nitrogen and oxygen atoms in total. The summed E-state index contributed by atoms with van der Waals surface area (Å²) < 4.78 is 0. The highest BCUT2D eigenvalue weighted by Crippen LogP contribution is 2.19. The minimum absolute atomic E-state index is 0.724. The van der Waals surface area contributed by atoms with Crippen LogP contribution in [0.25, 0.3) is 0 Å². The summed E-state index contributed by atoms with van der Waals surface area (Å²) in [4.78, 5) is 11.2. The fourth-order valence-corrected chi connectivity index (χ4v) is 1.63. The summed E-state index contributed by atoms with van der Waals surface area (Å²) in [5, 5.41) is 12.2. The van der Waals surface area contributed by atoms with E-state index in [1.54, 1.807) is 12.1 Å². The standard InChI is InChI=1S/C14H13NO2/c16-14(17)13(11-7-3-1-4-8-11)15-12-9-5-2-6-10-12/h1-10,13,15H,(H,16,17)/t13-/m1/s1. The van der Waals surface area contributed by atoms with Crippen LogP contribution in [0.2, 0.25) is 0 Å². The fourth-order valence-electron chi connectivity index (χ4n) is 1.63. The molecule has 17 heavy (non-hydrogen) atoms. The molecule has 0 aliphatic carbocycles. The lowest BCUT2D eigenvalue weighted by molar-refractivity contribution is -0.138. The first-order valence-corrected chi connectivity index (χ1v) is 5.37. The smallest absolute Gasteiger partial charge is 0.330 e. The number of nitrogens with one attached hydrogen (secondary N) is 1. The molecule has 0 unspecified atom stereocenters. The lowest BCUT2D eigenvalue weighted by atomic mass is 10.1. The van der Waals surface area contributed by atoms with E-state index in [4.69, 9.17) is 0 Å². The zero-order valence-electron chi connectivity index (χ0n) is 9.21. The first-order valence-electron chi connectivity index (χ1n) is 5.37. The molecule has 0 aromatic heterocycles. The van der Waals surface area contributed by atoms with Crippen LogP contribution in [-0.4, -0.2) is 11.1 Å². The molecule has 86 valence electrons. The molecule has 0 spiro atoms. The molecule has 0 saturated heterocycles. The van der Waals surface area contributed by atoms with Crippen LogP contribution in [0.5, 0.6) is 0 Å². The van der Waals surface area contributed by atoms with Crippen molar-refractivity contribution in [2.24, 2.45) is 0 Å². The van der Waals surface area contributed by atoms with Crippen molar-refractivity contribution in [3.05, 3.63) is 66.2 Å². The van der Waals surface area contributed by atoms with Gasteiger partial charge in [-0.15, -0.1) is 0 Å². The summed E-state index contributed by atoms with van der Waals surface area (Å²) in [6.07, 6.45) is 0. The van der Waals surface area contributed by atoms with Gasteiger partial charge in [-0.2, -0.15) is 0 Å². The van der Waals surface area contributed by atoms with Gasteiger partial charge >= 0.3 is 5.97 Å². The maximum Gasteiger partial charge on any atom is 0.330 e. The molecule has 0 saturated carbocycles. The summed E-state index contributed by atoms with van der Waals surface area (Å²) in [5.41, 5.74) is 1.53. The van der Waals surface area contributed by atoms with Gasteiger partial charge in [-0.25, -0.2) is 4.79 Å². The Morgan fingerprint density at radius 1 is 0.941 bits per heavy atom. The minimum atomic E-state index is -0.889. The number of carboxylic acids is 1. The Morgan fingerprint density at radius 2 is 1.47 bits per heavy atom. The van der Waals surface area contributed by atoms with Crippen molar-refractivity contribution in [3.63, 3.8) is 0 Å². The van der Waals surface area contributed by atoms with Crippen molar-refractivity contribution in [3.8, 4) is 0 Å². The van der Waals surface area contributed by atoms with Gasteiger partial charge in [-0.05, 0) is 17.7 Å². The number of rotatable bonds is 4. The van der Waals surface area contributed by atoms with Crippen LogP contribution in [-0.2, 0) is 4.79 Å². The quantitative estimate of drug-likeness (QED) is 0.844. The molecule has 3 heteroatoms. The second kappa shape index (κ2) is 5.16. The van der Waals surface area contributed by atoms with Crippen LogP contribution in [0, 0.1) is 0 Å². The zero-order chi connectivity index (χ0) is 12.1. The SMILES string of the molecule is O=C(O)[C@H](Nc1ccccc1)c1ccccc1. The third kappa shape index (κ3) is 2.84. The number of benzene rings is 2. The first kappa shape index (κ1) is 11.2. The number of hydrogen-bond donors (Lipinski definition) is 2. The van der Waals surface area contributed by atoms with Gasteiger partial charge in [-0.1, -0.05) is 48.5 Å². The summed E-state index contributed by atoms with van der Waals surface area (Å²) in [6.45, 7) is 0. The molecule has 2 aromatic rings. The Morgan fingerprint density at radius 3 is 2.00 bits per heavy atom. The fraction of sp³-hybridized carbons (Fsp3) is 0.0714. The monoisotopic (exact) mass is 227 g/mol. The number of carboxylic acid groups (broad SMARTS) is 1. The molecule has 0 fully saturated rings. The van der Waals surface area contributed by atoms with E-state index in [1.807, 2.05) is 48.5 Å². The maximum absolute atomic E-state index is 11.2. The summed E-state index contributed by atoms with van der Waals surface area (Å²) >= 11 is 0. The van der Waals surface area contributed by atoms with E-state index in [1.165, 1.54) is 0 Å². The van der Waals surface area contributed by atoms with Gasteiger partial charge in [-0.3, -0.25) is 0 Å². The Kier molecular flexibility index (Phi) is 3.40. The molecule has 2 N–H and O–H groups in total.